The Hall–Kier alpha value is -4.10. The Labute approximate surface area is 198 Å². The molecule has 4 aromatic rings. The Kier molecular flexibility index (Phi) is 7.57. The topological polar surface area (TPSA) is 93.2 Å². The monoisotopic (exact) mass is 454 g/mol. The first kappa shape index (κ1) is 23.1. The number of nitrogens with one attached hydrogen (secondary N) is 2. The zero-order valence-corrected chi connectivity index (χ0v) is 19.0. The fourth-order valence-electron chi connectivity index (χ4n) is 3.59. The number of aromatic nitrogens is 2. The van der Waals surface area contributed by atoms with E-state index in [0.717, 1.165) is 22.9 Å². The van der Waals surface area contributed by atoms with Crippen molar-refractivity contribution < 1.29 is 14.3 Å². The molecule has 172 valence electrons. The Morgan fingerprint density at radius 1 is 0.941 bits per heavy atom. The van der Waals surface area contributed by atoms with Crippen LogP contribution in [0.2, 0.25) is 0 Å². The third-order valence-electron chi connectivity index (χ3n) is 5.27. The lowest BCUT2D eigenvalue weighted by Crippen LogP contribution is -2.25. The minimum Gasteiger partial charge on any atom is -0.382 e. The van der Waals surface area contributed by atoms with Crippen LogP contribution in [0.1, 0.15) is 34.1 Å². The molecule has 2 heterocycles. The molecule has 0 aliphatic rings. The minimum atomic E-state index is -0.275. The number of ether oxygens (including phenoxy) is 1. The van der Waals surface area contributed by atoms with Crippen LogP contribution in [-0.2, 0) is 4.74 Å². The number of para-hydroxylation sites is 1. The first-order valence-corrected chi connectivity index (χ1v) is 11.2. The third-order valence-corrected chi connectivity index (χ3v) is 5.27. The molecule has 0 saturated carbocycles. The number of fused-ring (bicyclic) bond motifs is 1. The van der Waals surface area contributed by atoms with Crippen molar-refractivity contribution in [1.82, 2.24) is 15.3 Å². The van der Waals surface area contributed by atoms with E-state index in [9.17, 15) is 9.59 Å². The van der Waals surface area contributed by atoms with Gasteiger partial charge in [-0.25, -0.2) is 4.98 Å². The van der Waals surface area contributed by atoms with Crippen LogP contribution in [0, 0.1) is 0 Å². The number of anilines is 1. The van der Waals surface area contributed by atoms with Crippen molar-refractivity contribution in [2.45, 2.75) is 13.3 Å². The molecule has 0 bridgehead atoms. The molecular weight excluding hydrogens is 428 g/mol. The fraction of sp³-hybridized carbons (Fsp3) is 0.185. The second-order valence-corrected chi connectivity index (χ2v) is 7.65. The normalized spacial score (nSPS) is 10.7. The quantitative estimate of drug-likeness (QED) is 0.358. The summed E-state index contributed by atoms with van der Waals surface area (Å²) in [5.41, 5.74) is 3.80. The van der Waals surface area contributed by atoms with E-state index in [1.54, 1.807) is 42.7 Å². The predicted octanol–water partition coefficient (Wildman–Crippen LogP) is 4.71. The summed E-state index contributed by atoms with van der Waals surface area (Å²) >= 11 is 0. The fourth-order valence-corrected chi connectivity index (χ4v) is 3.59. The molecule has 0 atom stereocenters. The van der Waals surface area contributed by atoms with Crippen LogP contribution in [0.4, 0.5) is 5.69 Å². The van der Waals surface area contributed by atoms with Gasteiger partial charge in [0.25, 0.3) is 11.8 Å². The largest absolute Gasteiger partial charge is 0.382 e. The van der Waals surface area contributed by atoms with E-state index in [1.165, 1.54) is 0 Å². The number of benzene rings is 2. The standard InChI is InChI=1S/C27H26N4O3/c1-2-34-16-6-13-29-26(32)20-7-5-8-21(17-20)30-27(33)23-18-25(19-11-14-28-15-12-19)31-24-10-4-3-9-22(23)24/h3-5,7-12,14-15,17-18H,2,6,13,16H2,1H3,(H,29,32)(H,30,33). The average molecular weight is 455 g/mol. The molecule has 2 amide bonds. The molecule has 0 aliphatic carbocycles. The predicted molar refractivity (Wildman–Crippen MR) is 133 cm³/mol. The van der Waals surface area contributed by atoms with Gasteiger partial charge in [-0.15, -0.1) is 0 Å². The number of rotatable bonds is 9. The Bertz CT molecular complexity index is 1290. The third kappa shape index (κ3) is 5.63. The van der Waals surface area contributed by atoms with Gasteiger partial charge in [0.2, 0.25) is 0 Å². The Morgan fingerprint density at radius 2 is 1.76 bits per heavy atom. The van der Waals surface area contributed by atoms with Gasteiger partial charge in [-0.1, -0.05) is 24.3 Å². The van der Waals surface area contributed by atoms with E-state index in [0.29, 0.717) is 42.3 Å². The van der Waals surface area contributed by atoms with Crippen LogP contribution in [-0.4, -0.2) is 41.5 Å². The first-order chi connectivity index (χ1) is 16.7. The molecule has 7 heteroatoms. The van der Waals surface area contributed by atoms with Gasteiger partial charge in [0.15, 0.2) is 0 Å². The highest BCUT2D eigenvalue weighted by Gasteiger charge is 2.15. The lowest BCUT2D eigenvalue weighted by atomic mass is 10.0. The molecule has 4 rings (SSSR count). The number of amides is 2. The van der Waals surface area contributed by atoms with Crippen molar-refractivity contribution in [2.75, 3.05) is 25.1 Å². The Balaban J connectivity index is 1.54. The summed E-state index contributed by atoms with van der Waals surface area (Å²) in [6.07, 6.45) is 4.13. The average Bonchev–Trinajstić information content (AvgIpc) is 2.88. The van der Waals surface area contributed by atoms with Gasteiger partial charge < -0.3 is 15.4 Å². The number of hydrogen-bond donors (Lipinski definition) is 2. The Morgan fingerprint density at radius 3 is 2.59 bits per heavy atom. The van der Waals surface area contributed by atoms with Crippen molar-refractivity contribution in [3.05, 3.63) is 90.3 Å². The van der Waals surface area contributed by atoms with Crippen LogP contribution >= 0.6 is 0 Å². The molecular formula is C27H26N4O3. The lowest BCUT2D eigenvalue weighted by Gasteiger charge is -2.12. The first-order valence-electron chi connectivity index (χ1n) is 11.2. The van der Waals surface area contributed by atoms with Crippen molar-refractivity contribution in [1.29, 1.82) is 0 Å². The minimum absolute atomic E-state index is 0.193. The molecule has 2 N–H and O–H groups in total. The number of nitrogens with zero attached hydrogens (tertiary/aromatic N) is 2. The molecule has 0 unspecified atom stereocenters. The highest BCUT2D eigenvalue weighted by molar-refractivity contribution is 6.13. The zero-order valence-electron chi connectivity index (χ0n) is 19.0. The van der Waals surface area contributed by atoms with Crippen molar-refractivity contribution >= 4 is 28.4 Å². The second kappa shape index (κ2) is 11.2. The number of carbonyl (C=O) groups excluding carboxylic acids is 2. The SMILES string of the molecule is CCOCCCNC(=O)c1cccc(NC(=O)c2cc(-c3ccncc3)nc3ccccc23)c1. The number of carbonyl (C=O) groups is 2. The highest BCUT2D eigenvalue weighted by Crippen LogP contribution is 2.25. The molecule has 7 nitrogen and oxygen atoms in total. The molecule has 0 saturated heterocycles. The molecule has 34 heavy (non-hydrogen) atoms. The van der Waals surface area contributed by atoms with Gasteiger partial charge in [-0.3, -0.25) is 14.6 Å². The van der Waals surface area contributed by atoms with Gasteiger partial charge in [-0.05, 0) is 55.8 Å². The molecule has 0 aliphatic heterocycles. The van der Waals surface area contributed by atoms with Gasteiger partial charge >= 0.3 is 0 Å². The summed E-state index contributed by atoms with van der Waals surface area (Å²) in [6, 6.07) is 19.9. The molecule has 0 spiro atoms. The number of hydrogen-bond acceptors (Lipinski definition) is 5. The number of pyridine rings is 2. The maximum Gasteiger partial charge on any atom is 0.256 e. The van der Waals surface area contributed by atoms with Crippen molar-refractivity contribution in [3.63, 3.8) is 0 Å². The molecule has 0 fully saturated rings. The molecule has 2 aromatic carbocycles. The van der Waals surface area contributed by atoms with Crippen LogP contribution in [0.25, 0.3) is 22.2 Å². The maximum atomic E-state index is 13.3. The summed E-state index contributed by atoms with van der Waals surface area (Å²) in [4.78, 5) is 34.5. The lowest BCUT2D eigenvalue weighted by molar-refractivity contribution is 0.0943. The maximum absolute atomic E-state index is 13.3. The highest BCUT2D eigenvalue weighted by atomic mass is 16.5. The molecule has 0 radical (unpaired) electrons. The van der Waals surface area contributed by atoms with E-state index < -0.39 is 0 Å². The van der Waals surface area contributed by atoms with E-state index in [1.807, 2.05) is 43.3 Å². The van der Waals surface area contributed by atoms with Crippen molar-refractivity contribution in [2.24, 2.45) is 0 Å². The van der Waals surface area contributed by atoms with E-state index in [4.69, 9.17) is 9.72 Å². The van der Waals surface area contributed by atoms with Gasteiger partial charge in [0.1, 0.15) is 0 Å². The van der Waals surface area contributed by atoms with Gasteiger partial charge in [-0.2, -0.15) is 0 Å². The van der Waals surface area contributed by atoms with Crippen LogP contribution in [0.5, 0.6) is 0 Å². The van der Waals surface area contributed by atoms with Crippen LogP contribution < -0.4 is 10.6 Å². The smallest absolute Gasteiger partial charge is 0.256 e. The van der Waals surface area contributed by atoms with Gasteiger partial charge in [0.05, 0.1) is 16.8 Å². The van der Waals surface area contributed by atoms with Crippen LogP contribution in [0.3, 0.4) is 0 Å². The van der Waals surface area contributed by atoms with Crippen molar-refractivity contribution in [3.8, 4) is 11.3 Å². The zero-order chi connectivity index (χ0) is 23.8. The summed E-state index contributed by atoms with van der Waals surface area (Å²) < 4.78 is 5.29. The van der Waals surface area contributed by atoms with Gasteiger partial charge in [0, 0.05) is 54.4 Å². The summed E-state index contributed by atoms with van der Waals surface area (Å²) in [5, 5.41) is 6.56. The van der Waals surface area contributed by atoms with Crippen LogP contribution in [0.15, 0.2) is 79.1 Å². The van der Waals surface area contributed by atoms with E-state index in [2.05, 4.69) is 15.6 Å². The molecule has 2 aromatic heterocycles. The second-order valence-electron chi connectivity index (χ2n) is 7.65. The van der Waals surface area contributed by atoms with E-state index >= 15 is 0 Å². The summed E-state index contributed by atoms with van der Waals surface area (Å²) in [6.45, 7) is 3.73. The van der Waals surface area contributed by atoms with E-state index in [-0.39, 0.29) is 11.8 Å². The summed E-state index contributed by atoms with van der Waals surface area (Å²) in [5.74, 6) is -0.467. The summed E-state index contributed by atoms with van der Waals surface area (Å²) in [7, 11) is 0.